The van der Waals surface area contributed by atoms with Crippen molar-refractivity contribution in [2.45, 2.75) is 23.9 Å². The van der Waals surface area contributed by atoms with E-state index in [1.807, 2.05) is 30.3 Å². The van der Waals surface area contributed by atoms with Gasteiger partial charge in [0.1, 0.15) is 18.1 Å². The van der Waals surface area contributed by atoms with Crippen LogP contribution in [0.2, 0.25) is 5.02 Å². The van der Waals surface area contributed by atoms with E-state index in [4.69, 9.17) is 26.8 Å². The SMILES string of the molecule is Nc1ccc(Oc2cc(N3CCN(Cc4ccccc4-c4ccc(Cl)cc4)CC3)ccc2C(=O)NS(=O)(=O)c2ccc(NCC3CCOCC3[N+](=O)[O-])cc2)cc1. The van der Waals surface area contributed by atoms with Gasteiger partial charge in [-0.05, 0) is 95.9 Å². The van der Waals surface area contributed by atoms with Gasteiger partial charge in [0.15, 0.2) is 0 Å². The molecule has 7 rings (SSSR count). The molecule has 0 saturated carbocycles. The average molecular weight is 811 g/mol. The molecule has 2 heterocycles. The molecule has 2 atom stereocenters. The van der Waals surface area contributed by atoms with E-state index in [9.17, 15) is 23.3 Å². The van der Waals surface area contributed by atoms with Crippen LogP contribution in [0, 0.1) is 16.0 Å². The number of nitrogens with zero attached hydrogens (tertiary/aromatic N) is 3. The van der Waals surface area contributed by atoms with Crippen molar-refractivity contribution >= 4 is 44.6 Å². The van der Waals surface area contributed by atoms with E-state index in [0.717, 1.165) is 44.0 Å². The zero-order chi connectivity index (χ0) is 39.9. The quantitative estimate of drug-likeness (QED) is 0.0642. The Hall–Kier alpha value is -5.67. The van der Waals surface area contributed by atoms with Crippen molar-refractivity contribution in [3.8, 4) is 22.6 Å². The zero-order valence-electron chi connectivity index (χ0n) is 31.1. The first-order chi connectivity index (χ1) is 27.5. The summed E-state index contributed by atoms with van der Waals surface area (Å²) in [6.45, 7) is 4.67. The van der Waals surface area contributed by atoms with Gasteiger partial charge in [0, 0.05) is 84.9 Å². The Bertz CT molecular complexity index is 2300. The molecule has 2 aliphatic rings. The topological polar surface area (TPSA) is 169 Å². The van der Waals surface area contributed by atoms with E-state index in [-0.39, 0.29) is 33.7 Å². The van der Waals surface area contributed by atoms with Crippen molar-refractivity contribution in [3.63, 3.8) is 0 Å². The molecular weight excluding hydrogens is 768 g/mol. The Morgan fingerprint density at radius 2 is 1.65 bits per heavy atom. The van der Waals surface area contributed by atoms with Gasteiger partial charge >= 0.3 is 0 Å². The van der Waals surface area contributed by atoms with Crippen molar-refractivity contribution < 1.29 is 27.6 Å². The van der Waals surface area contributed by atoms with Crippen LogP contribution >= 0.6 is 11.6 Å². The number of carbonyl (C=O) groups is 1. The fourth-order valence-corrected chi connectivity index (χ4v) is 8.18. The Kier molecular flexibility index (Phi) is 12.2. The van der Waals surface area contributed by atoms with Crippen LogP contribution < -0.4 is 25.4 Å². The number of rotatable bonds is 13. The molecule has 296 valence electrons. The molecule has 13 nitrogen and oxygen atoms in total. The molecule has 0 bridgehead atoms. The molecule has 2 fully saturated rings. The lowest BCUT2D eigenvalue weighted by molar-refractivity contribution is -0.539. The number of nitro groups is 1. The summed E-state index contributed by atoms with van der Waals surface area (Å²) in [6.07, 6.45) is 0.542. The Balaban J connectivity index is 1.03. The van der Waals surface area contributed by atoms with Crippen LogP contribution in [-0.4, -0.2) is 76.1 Å². The van der Waals surface area contributed by atoms with Crippen LogP contribution in [0.5, 0.6) is 11.5 Å². The van der Waals surface area contributed by atoms with E-state index >= 15 is 0 Å². The Labute approximate surface area is 336 Å². The number of amides is 1. The summed E-state index contributed by atoms with van der Waals surface area (Å²) in [5.41, 5.74) is 11.4. The second-order valence-electron chi connectivity index (χ2n) is 14.1. The van der Waals surface area contributed by atoms with Crippen LogP contribution in [0.4, 0.5) is 17.1 Å². The first-order valence-corrected chi connectivity index (χ1v) is 20.5. The molecule has 2 saturated heterocycles. The van der Waals surface area contributed by atoms with Crippen molar-refractivity contribution in [2.75, 3.05) is 61.9 Å². The summed E-state index contributed by atoms with van der Waals surface area (Å²) in [6, 6.07) is 33.1. The number of halogens is 1. The standard InChI is InChI=1S/C42H43ClN6O7S/c43-32-7-5-29(6-8-32)38-4-2-1-3-31(38)27-47-20-22-48(23-21-47)35-13-18-39(41(25-35)56-36-14-9-33(44)10-15-36)42(50)46-57(53,54)37-16-11-34(12-17-37)45-26-30-19-24-55-28-40(30)49(51)52/h1-18,25,30,40,45H,19-24,26-28,44H2,(H,46,50). The molecule has 15 heteroatoms. The Morgan fingerprint density at radius 1 is 0.930 bits per heavy atom. The van der Waals surface area contributed by atoms with E-state index in [2.05, 4.69) is 38.0 Å². The molecule has 0 aromatic heterocycles. The lowest BCUT2D eigenvalue weighted by atomic mass is 9.95. The molecule has 1 amide bonds. The normalized spacial score (nSPS) is 17.5. The number of nitrogen functional groups attached to an aromatic ring is 1. The third-order valence-electron chi connectivity index (χ3n) is 10.3. The van der Waals surface area contributed by atoms with Gasteiger partial charge in [-0.25, -0.2) is 13.1 Å². The Morgan fingerprint density at radius 3 is 2.37 bits per heavy atom. The van der Waals surface area contributed by atoms with Gasteiger partial charge in [0.2, 0.25) is 6.04 Å². The van der Waals surface area contributed by atoms with Gasteiger partial charge in [0.05, 0.1) is 10.5 Å². The van der Waals surface area contributed by atoms with Crippen molar-refractivity contribution in [1.82, 2.24) is 9.62 Å². The maximum absolute atomic E-state index is 13.7. The third-order valence-corrected chi connectivity index (χ3v) is 11.9. The van der Waals surface area contributed by atoms with Gasteiger partial charge in [-0.2, -0.15) is 0 Å². The molecule has 5 aromatic rings. The number of carbonyl (C=O) groups excluding carboxylic acids is 1. The van der Waals surface area contributed by atoms with Gasteiger partial charge in [-0.15, -0.1) is 0 Å². The van der Waals surface area contributed by atoms with Crippen LogP contribution in [0.3, 0.4) is 0 Å². The summed E-state index contributed by atoms with van der Waals surface area (Å²) < 4.78 is 40.5. The summed E-state index contributed by atoms with van der Waals surface area (Å²) >= 11 is 6.14. The van der Waals surface area contributed by atoms with Crippen LogP contribution in [0.15, 0.2) is 120 Å². The van der Waals surface area contributed by atoms with Crippen molar-refractivity contribution in [3.05, 3.63) is 142 Å². The number of nitrogens with one attached hydrogen (secondary N) is 2. The van der Waals surface area contributed by atoms with Crippen LogP contribution in [0.1, 0.15) is 22.3 Å². The molecule has 0 radical (unpaired) electrons. The maximum atomic E-state index is 13.7. The number of anilines is 3. The lowest BCUT2D eigenvalue weighted by Gasteiger charge is -2.36. The lowest BCUT2D eigenvalue weighted by Crippen LogP contribution is -2.46. The monoisotopic (exact) mass is 810 g/mol. The minimum Gasteiger partial charge on any atom is -0.456 e. The van der Waals surface area contributed by atoms with Gasteiger partial charge in [0.25, 0.3) is 15.9 Å². The minimum absolute atomic E-state index is 0.0340. The second-order valence-corrected chi connectivity index (χ2v) is 16.2. The first kappa shape index (κ1) is 39.6. The van der Waals surface area contributed by atoms with E-state index in [1.54, 1.807) is 54.6 Å². The molecular formula is C42H43ClN6O7S. The summed E-state index contributed by atoms with van der Waals surface area (Å²) in [5, 5.41) is 15.3. The van der Waals surface area contributed by atoms with Gasteiger partial charge in [-0.3, -0.25) is 19.8 Å². The average Bonchev–Trinajstić information content (AvgIpc) is 3.22. The summed E-state index contributed by atoms with van der Waals surface area (Å²) in [7, 11) is -4.29. The van der Waals surface area contributed by atoms with Crippen molar-refractivity contribution in [2.24, 2.45) is 5.92 Å². The number of sulfonamides is 1. The molecule has 57 heavy (non-hydrogen) atoms. The van der Waals surface area contributed by atoms with E-state index in [1.165, 1.54) is 23.3 Å². The number of nitrogens with two attached hydrogens (primary N) is 1. The number of hydrogen-bond acceptors (Lipinski definition) is 11. The summed E-state index contributed by atoms with van der Waals surface area (Å²) in [5.74, 6) is -0.476. The second kappa shape index (κ2) is 17.6. The fraction of sp³-hybridized carbons (Fsp3) is 0.262. The molecule has 0 aliphatic carbocycles. The number of piperazine rings is 1. The minimum atomic E-state index is -4.29. The summed E-state index contributed by atoms with van der Waals surface area (Å²) in [4.78, 5) is 29.3. The van der Waals surface area contributed by atoms with E-state index < -0.39 is 22.0 Å². The van der Waals surface area contributed by atoms with E-state index in [0.29, 0.717) is 41.7 Å². The van der Waals surface area contributed by atoms with Crippen LogP contribution in [-0.2, 0) is 21.3 Å². The van der Waals surface area contributed by atoms with Crippen molar-refractivity contribution in [1.29, 1.82) is 0 Å². The number of ether oxygens (including phenoxy) is 2. The molecule has 4 N–H and O–H groups in total. The molecule has 0 spiro atoms. The molecule has 5 aromatic carbocycles. The number of hydrogen-bond donors (Lipinski definition) is 3. The third kappa shape index (κ3) is 9.84. The molecule has 2 unspecified atom stereocenters. The highest BCUT2D eigenvalue weighted by Crippen LogP contribution is 2.33. The predicted molar refractivity (Wildman–Crippen MR) is 221 cm³/mol. The highest BCUT2D eigenvalue weighted by Gasteiger charge is 2.34. The smallest absolute Gasteiger partial charge is 0.268 e. The molecule has 2 aliphatic heterocycles. The highest BCUT2D eigenvalue weighted by atomic mass is 35.5. The largest absolute Gasteiger partial charge is 0.456 e. The maximum Gasteiger partial charge on any atom is 0.268 e. The van der Waals surface area contributed by atoms with Crippen LogP contribution in [0.25, 0.3) is 11.1 Å². The zero-order valence-corrected chi connectivity index (χ0v) is 32.6. The highest BCUT2D eigenvalue weighted by molar-refractivity contribution is 7.90. The van der Waals surface area contributed by atoms with Gasteiger partial charge in [-0.1, -0.05) is 48.0 Å². The first-order valence-electron chi connectivity index (χ1n) is 18.6. The number of benzene rings is 5. The predicted octanol–water partition coefficient (Wildman–Crippen LogP) is 6.92. The fourth-order valence-electron chi connectivity index (χ4n) is 7.09. The van der Waals surface area contributed by atoms with Gasteiger partial charge < -0.3 is 25.4 Å².